The van der Waals surface area contributed by atoms with Gasteiger partial charge in [0.15, 0.2) is 17.7 Å². The number of aryl methyl sites for hydroxylation is 1. The summed E-state index contributed by atoms with van der Waals surface area (Å²) in [6.07, 6.45) is 3.15. The number of anilines is 1. The molecule has 0 aliphatic rings. The quantitative estimate of drug-likeness (QED) is 0.597. The van der Waals surface area contributed by atoms with Gasteiger partial charge >= 0.3 is 5.76 Å². The van der Waals surface area contributed by atoms with Crippen molar-refractivity contribution >= 4 is 22.7 Å². The Labute approximate surface area is 147 Å². The SMILES string of the molecule is O=C(CCn1c(=O)oc2ccccc21)Nc1ccc(-c2cnco2)cc1. The fourth-order valence-electron chi connectivity index (χ4n) is 2.74. The van der Waals surface area contributed by atoms with Crippen LogP contribution in [0.3, 0.4) is 0 Å². The number of hydrogen-bond donors (Lipinski definition) is 1. The number of nitrogens with one attached hydrogen (secondary N) is 1. The second-order valence-corrected chi connectivity index (χ2v) is 5.73. The van der Waals surface area contributed by atoms with Crippen LogP contribution in [0.15, 0.2) is 74.8 Å². The van der Waals surface area contributed by atoms with Crippen LogP contribution in [0.5, 0.6) is 0 Å². The molecule has 0 aliphatic heterocycles. The number of carbonyl (C=O) groups excluding carboxylic acids is 1. The van der Waals surface area contributed by atoms with E-state index in [1.807, 2.05) is 18.2 Å². The van der Waals surface area contributed by atoms with Crippen molar-refractivity contribution in [2.24, 2.45) is 0 Å². The predicted octanol–water partition coefficient (Wildman–Crippen LogP) is 3.28. The van der Waals surface area contributed by atoms with Gasteiger partial charge in [0.05, 0.1) is 11.7 Å². The van der Waals surface area contributed by atoms with Crippen LogP contribution in [0.4, 0.5) is 5.69 Å². The zero-order valence-corrected chi connectivity index (χ0v) is 13.7. The van der Waals surface area contributed by atoms with Gasteiger partial charge < -0.3 is 14.2 Å². The molecule has 0 fully saturated rings. The highest BCUT2D eigenvalue weighted by Crippen LogP contribution is 2.21. The van der Waals surface area contributed by atoms with Crippen LogP contribution in [0.2, 0.25) is 0 Å². The minimum absolute atomic E-state index is 0.160. The monoisotopic (exact) mass is 349 g/mol. The Morgan fingerprint density at radius 2 is 1.92 bits per heavy atom. The highest BCUT2D eigenvalue weighted by atomic mass is 16.4. The molecule has 130 valence electrons. The lowest BCUT2D eigenvalue weighted by Crippen LogP contribution is -2.19. The van der Waals surface area contributed by atoms with Gasteiger partial charge in [-0.25, -0.2) is 9.78 Å². The number of benzene rings is 2. The lowest BCUT2D eigenvalue weighted by molar-refractivity contribution is -0.116. The smallest absolute Gasteiger partial charge is 0.419 e. The van der Waals surface area contributed by atoms with Gasteiger partial charge in [0.25, 0.3) is 0 Å². The molecule has 0 aliphatic carbocycles. The molecule has 26 heavy (non-hydrogen) atoms. The van der Waals surface area contributed by atoms with E-state index in [9.17, 15) is 9.59 Å². The van der Waals surface area contributed by atoms with E-state index in [0.717, 1.165) is 5.56 Å². The van der Waals surface area contributed by atoms with Gasteiger partial charge in [-0.3, -0.25) is 9.36 Å². The van der Waals surface area contributed by atoms with Crippen LogP contribution in [0.1, 0.15) is 6.42 Å². The van der Waals surface area contributed by atoms with Crippen LogP contribution < -0.4 is 11.1 Å². The highest BCUT2D eigenvalue weighted by Gasteiger charge is 2.10. The fraction of sp³-hybridized carbons (Fsp3) is 0.105. The highest BCUT2D eigenvalue weighted by molar-refractivity contribution is 5.91. The lowest BCUT2D eigenvalue weighted by Gasteiger charge is -2.06. The average Bonchev–Trinajstić information content (AvgIpc) is 3.28. The van der Waals surface area contributed by atoms with E-state index in [1.54, 1.807) is 36.5 Å². The number of aromatic nitrogens is 2. The predicted molar refractivity (Wildman–Crippen MR) is 95.7 cm³/mol. The molecule has 0 saturated heterocycles. The normalized spacial score (nSPS) is 10.9. The third-order valence-corrected chi connectivity index (χ3v) is 4.02. The maximum absolute atomic E-state index is 12.2. The summed E-state index contributed by atoms with van der Waals surface area (Å²) in [5, 5.41) is 2.81. The molecular formula is C19H15N3O4. The molecular weight excluding hydrogens is 334 g/mol. The summed E-state index contributed by atoms with van der Waals surface area (Å²) in [6.45, 7) is 0.248. The molecule has 2 heterocycles. The molecule has 7 heteroatoms. The van der Waals surface area contributed by atoms with Gasteiger partial charge in [-0.1, -0.05) is 12.1 Å². The molecule has 0 spiro atoms. The number of oxazole rings is 2. The van der Waals surface area contributed by atoms with E-state index < -0.39 is 5.76 Å². The Bertz CT molecular complexity index is 1090. The molecule has 0 bridgehead atoms. The van der Waals surface area contributed by atoms with Gasteiger partial charge in [0.1, 0.15) is 0 Å². The molecule has 0 unspecified atom stereocenters. The summed E-state index contributed by atoms with van der Waals surface area (Å²) >= 11 is 0. The van der Waals surface area contributed by atoms with Gasteiger partial charge in [-0.2, -0.15) is 0 Å². The Kier molecular flexibility index (Phi) is 4.10. The fourth-order valence-corrected chi connectivity index (χ4v) is 2.74. The van der Waals surface area contributed by atoms with Crippen molar-refractivity contribution in [3.63, 3.8) is 0 Å². The first-order valence-electron chi connectivity index (χ1n) is 8.08. The number of hydrogen-bond acceptors (Lipinski definition) is 5. The van der Waals surface area contributed by atoms with Gasteiger partial charge in [-0.05, 0) is 36.4 Å². The van der Waals surface area contributed by atoms with Crippen molar-refractivity contribution in [3.8, 4) is 11.3 Å². The van der Waals surface area contributed by atoms with Crippen LogP contribution >= 0.6 is 0 Å². The number of rotatable bonds is 5. The van der Waals surface area contributed by atoms with Gasteiger partial charge in [-0.15, -0.1) is 0 Å². The van der Waals surface area contributed by atoms with Crippen molar-refractivity contribution in [1.29, 1.82) is 0 Å². The Balaban J connectivity index is 1.41. The van der Waals surface area contributed by atoms with Gasteiger partial charge in [0, 0.05) is 24.2 Å². The standard InChI is InChI=1S/C19H15N3O4/c23-18(9-10-22-15-3-1-2-4-16(15)26-19(22)24)21-14-7-5-13(6-8-14)17-11-20-12-25-17/h1-8,11-12H,9-10H2,(H,21,23). The van der Waals surface area contributed by atoms with Crippen molar-refractivity contribution in [3.05, 3.63) is 71.7 Å². The van der Waals surface area contributed by atoms with E-state index in [0.29, 0.717) is 22.5 Å². The molecule has 7 nitrogen and oxygen atoms in total. The lowest BCUT2D eigenvalue weighted by atomic mass is 10.1. The molecule has 4 rings (SSSR count). The third-order valence-electron chi connectivity index (χ3n) is 4.02. The first-order chi connectivity index (χ1) is 12.7. The van der Waals surface area contributed by atoms with E-state index in [2.05, 4.69) is 10.3 Å². The van der Waals surface area contributed by atoms with Crippen LogP contribution in [-0.4, -0.2) is 15.5 Å². The molecule has 0 saturated carbocycles. The van der Waals surface area contributed by atoms with Crippen molar-refractivity contribution in [2.45, 2.75) is 13.0 Å². The summed E-state index contributed by atoms with van der Waals surface area (Å²) in [4.78, 5) is 28.0. The molecule has 1 amide bonds. The number of fused-ring (bicyclic) bond motifs is 1. The van der Waals surface area contributed by atoms with E-state index in [1.165, 1.54) is 11.0 Å². The van der Waals surface area contributed by atoms with Crippen LogP contribution in [-0.2, 0) is 11.3 Å². The Hall–Kier alpha value is -3.61. The van der Waals surface area contributed by atoms with Crippen molar-refractivity contribution < 1.29 is 13.6 Å². The zero-order valence-electron chi connectivity index (χ0n) is 13.7. The summed E-state index contributed by atoms with van der Waals surface area (Å²) in [7, 11) is 0. The molecule has 1 N–H and O–H groups in total. The minimum Gasteiger partial charge on any atom is -0.444 e. The second-order valence-electron chi connectivity index (χ2n) is 5.73. The summed E-state index contributed by atoms with van der Waals surface area (Å²) < 4.78 is 11.8. The van der Waals surface area contributed by atoms with E-state index >= 15 is 0 Å². The Morgan fingerprint density at radius 1 is 1.12 bits per heavy atom. The first-order valence-corrected chi connectivity index (χ1v) is 8.08. The number of carbonyl (C=O) groups is 1. The molecule has 2 aromatic heterocycles. The summed E-state index contributed by atoms with van der Waals surface area (Å²) in [5.41, 5.74) is 2.74. The molecule has 0 radical (unpaired) electrons. The number of nitrogens with zero attached hydrogens (tertiary/aromatic N) is 2. The summed E-state index contributed by atoms with van der Waals surface area (Å²) in [6, 6.07) is 14.4. The Morgan fingerprint density at radius 3 is 2.69 bits per heavy atom. The molecule has 4 aromatic rings. The van der Waals surface area contributed by atoms with Crippen LogP contribution in [0, 0.1) is 0 Å². The topological polar surface area (TPSA) is 90.3 Å². The summed E-state index contributed by atoms with van der Waals surface area (Å²) in [5.74, 6) is 0.0131. The van der Waals surface area contributed by atoms with E-state index in [-0.39, 0.29) is 18.9 Å². The number of para-hydroxylation sites is 2. The van der Waals surface area contributed by atoms with Crippen molar-refractivity contribution in [1.82, 2.24) is 9.55 Å². The maximum atomic E-state index is 12.2. The maximum Gasteiger partial charge on any atom is 0.419 e. The number of amides is 1. The first kappa shape index (κ1) is 15.9. The average molecular weight is 349 g/mol. The largest absolute Gasteiger partial charge is 0.444 e. The molecule has 2 aromatic carbocycles. The molecule has 0 atom stereocenters. The van der Waals surface area contributed by atoms with Gasteiger partial charge in [0.2, 0.25) is 5.91 Å². The van der Waals surface area contributed by atoms with Crippen molar-refractivity contribution in [2.75, 3.05) is 5.32 Å². The third kappa shape index (κ3) is 3.14. The zero-order chi connectivity index (χ0) is 17.9. The minimum atomic E-state index is -0.463. The van der Waals surface area contributed by atoms with Crippen LogP contribution in [0.25, 0.3) is 22.4 Å². The second kappa shape index (κ2) is 6.72. The van der Waals surface area contributed by atoms with E-state index in [4.69, 9.17) is 8.83 Å².